The molecule has 3 rings (SSSR count). The maximum absolute atomic E-state index is 12.4. The number of carbonyl (C=O) groups is 1. The molecule has 0 radical (unpaired) electrons. The molecular formula is C18H21ClN4O2. The van der Waals surface area contributed by atoms with E-state index in [1.54, 1.807) is 30.2 Å². The Labute approximate surface area is 151 Å². The standard InChI is InChI=1S/C18H21ClN4O2/c1-12-14(5-6-16(19)21-12)22-18(25)23-10-7-13(8-11-23)17(24)15-4-2-3-9-20-15/h2-6,9,13,17,24H,7-8,10-11H2,1H3,(H,22,25)/t17-/m0/s1. The number of aliphatic hydroxyl groups excluding tert-OH is 1. The quantitative estimate of drug-likeness (QED) is 0.822. The number of hydrogen-bond donors (Lipinski definition) is 2. The molecule has 0 aliphatic carbocycles. The number of pyridine rings is 2. The van der Waals surface area contributed by atoms with E-state index in [1.807, 2.05) is 18.2 Å². The van der Waals surface area contributed by atoms with Crippen LogP contribution in [0.5, 0.6) is 0 Å². The summed E-state index contributed by atoms with van der Waals surface area (Å²) in [6, 6.07) is 8.78. The number of nitrogens with one attached hydrogen (secondary N) is 1. The number of piperidine rings is 1. The number of aliphatic hydroxyl groups is 1. The van der Waals surface area contributed by atoms with Gasteiger partial charge in [0.1, 0.15) is 5.15 Å². The highest BCUT2D eigenvalue weighted by molar-refractivity contribution is 6.29. The zero-order valence-electron chi connectivity index (χ0n) is 14.0. The molecule has 3 heterocycles. The molecule has 1 atom stereocenters. The van der Waals surface area contributed by atoms with Gasteiger partial charge in [0.25, 0.3) is 0 Å². The number of anilines is 1. The number of halogens is 1. The summed E-state index contributed by atoms with van der Waals surface area (Å²) in [5.74, 6) is 0.109. The number of likely N-dealkylation sites (tertiary alicyclic amines) is 1. The fourth-order valence-electron chi connectivity index (χ4n) is 3.07. The lowest BCUT2D eigenvalue weighted by Crippen LogP contribution is -2.42. The summed E-state index contributed by atoms with van der Waals surface area (Å²) in [6.45, 7) is 3.00. The van der Waals surface area contributed by atoms with Crippen molar-refractivity contribution in [1.29, 1.82) is 0 Å². The second-order valence-corrected chi connectivity index (χ2v) is 6.61. The van der Waals surface area contributed by atoms with Crippen molar-refractivity contribution < 1.29 is 9.90 Å². The maximum Gasteiger partial charge on any atom is 0.321 e. The maximum atomic E-state index is 12.4. The third-order valence-electron chi connectivity index (χ3n) is 4.56. The van der Waals surface area contributed by atoms with Gasteiger partial charge in [0, 0.05) is 19.3 Å². The van der Waals surface area contributed by atoms with Gasteiger partial charge < -0.3 is 15.3 Å². The Morgan fingerprint density at radius 3 is 2.72 bits per heavy atom. The van der Waals surface area contributed by atoms with E-state index in [9.17, 15) is 9.90 Å². The number of rotatable bonds is 3. The van der Waals surface area contributed by atoms with Crippen molar-refractivity contribution in [1.82, 2.24) is 14.9 Å². The molecule has 2 aromatic heterocycles. The van der Waals surface area contributed by atoms with Gasteiger partial charge in [-0.05, 0) is 49.9 Å². The highest BCUT2D eigenvalue weighted by atomic mass is 35.5. The van der Waals surface area contributed by atoms with Crippen LogP contribution in [0.15, 0.2) is 36.5 Å². The highest BCUT2D eigenvalue weighted by Crippen LogP contribution is 2.30. The molecule has 7 heteroatoms. The zero-order chi connectivity index (χ0) is 17.8. The predicted molar refractivity (Wildman–Crippen MR) is 96.5 cm³/mol. The molecule has 0 bridgehead atoms. The first kappa shape index (κ1) is 17.6. The van der Waals surface area contributed by atoms with Crippen molar-refractivity contribution in [2.75, 3.05) is 18.4 Å². The van der Waals surface area contributed by atoms with E-state index < -0.39 is 6.10 Å². The second-order valence-electron chi connectivity index (χ2n) is 6.22. The van der Waals surface area contributed by atoms with Gasteiger partial charge in [0.05, 0.1) is 23.2 Å². The molecule has 132 valence electrons. The summed E-state index contributed by atoms with van der Waals surface area (Å²) in [6.07, 6.45) is 2.57. The lowest BCUT2D eigenvalue weighted by atomic mass is 9.89. The lowest BCUT2D eigenvalue weighted by Gasteiger charge is -2.34. The Hall–Kier alpha value is -2.18. The molecule has 1 aliphatic rings. The minimum Gasteiger partial charge on any atom is -0.387 e. The molecular weight excluding hydrogens is 340 g/mol. The monoisotopic (exact) mass is 360 g/mol. The molecule has 1 saturated heterocycles. The topological polar surface area (TPSA) is 78.4 Å². The van der Waals surface area contributed by atoms with Crippen molar-refractivity contribution in [3.05, 3.63) is 53.1 Å². The molecule has 2 amide bonds. The van der Waals surface area contributed by atoms with E-state index >= 15 is 0 Å². The SMILES string of the molecule is Cc1nc(Cl)ccc1NC(=O)N1CCC([C@H](O)c2ccccn2)CC1. The van der Waals surface area contributed by atoms with Gasteiger partial charge in [-0.1, -0.05) is 17.7 Å². The molecule has 2 N–H and O–H groups in total. The Morgan fingerprint density at radius 1 is 1.32 bits per heavy atom. The fourth-order valence-corrected chi connectivity index (χ4v) is 3.26. The van der Waals surface area contributed by atoms with Crippen LogP contribution in [0.4, 0.5) is 10.5 Å². The van der Waals surface area contributed by atoms with Gasteiger partial charge in [0.15, 0.2) is 0 Å². The summed E-state index contributed by atoms with van der Waals surface area (Å²) in [4.78, 5) is 22.5. The minimum absolute atomic E-state index is 0.109. The Morgan fingerprint density at radius 2 is 2.08 bits per heavy atom. The van der Waals surface area contributed by atoms with Crippen molar-refractivity contribution in [2.45, 2.75) is 25.9 Å². The average molecular weight is 361 g/mol. The van der Waals surface area contributed by atoms with Gasteiger partial charge in [-0.25, -0.2) is 9.78 Å². The van der Waals surface area contributed by atoms with E-state index in [0.29, 0.717) is 35.3 Å². The Bertz CT molecular complexity index is 733. The van der Waals surface area contributed by atoms with Crippen LogP contribution < -0.4 is 5.32 Å². The molecule has 6 nitrogen and oxygen atoms in total. The van der Waals surface area contributed by atoms with E-state index in [2.05, 4.69) is 15.3 Å². The Balaban J connectivity index is 1.55. The van der Waals surface area contributed by atoms with Crippen LogP contribution in [0, 0.1) is 12.8 Å². The fraction of sp³-hybridized carbons (Fsp3) is 0.389. The second kappa shape index (κ2) is 7.80. The molecule has 1 fully saturated rings. The summed E-state index contributed by atoms with van der Waals surface area (Å²) in [7, 11) is 0. The van der Waals surface area contributed by atoms with Crippen molar-refractivity contribution in [2.24, 2.45) is 5.92 Å². The van der Waals surface area contributed by atoms with E-state index in [0.717, 1.165) is 12.8 Å². The van der Waals surface area contributed by atoms with Crippen LogP contribution >= 0.6 is 11.6 Å². The summed E-state index contributed by atoms with van der Waals surface area (Å²) in [5, 5.41) is 13.7. The molecule has 0 saturated carbocycles. The number of aromatic nitrogens is 2. The van der Waals surface area contributed by atoms with E-state index in [4.69, 9.17) is 11.6 Å². The minimum atomic E-state index is -0.589. The van der Waals surface area contributed by atoms with Gasteiger partial charge in [-0.15, -0.1) is 0 Å². The van der Waals surface area contributed by atoms with Gasteiger partial charge in [0.2, 0.25) is 0 Å². The summed E-state index contributed by atoms with van der Waals surface area (Å²) >= 11 is 5.84. The van der Waals surface area contributed by atoms with Gasteiger partial charge in [-0.3, -0.25) is 4.98 Å². The lowest BCUT2D eigenvalue weighted by molar-refractivity contribution is 0.0652. The molecule has 2 aromatic rings. The molecule has 0 aromatic carbocycles. The van der Waals surface area contributed by atoms with Crippen molar-refractivity contribution >= 4 is 23.3 Å². The van der Waals surface area contributed by atoms with E-state index in [-0.39, 0.29) is 11.9 Å². The number of amides is 2. The van der Waals surface area contributed by atoms with Crippen LogP contribution in [0.1, 0.15) is 30.3 Å². The number of nitrogens with zero attached hydrogens (tertiary/aromatic N) is 3. The highest BCUT2D eigenvalue weighted by Gasteiger charge is 2.29. The average Bonchev–Trinajstić information content (AvgIpc) is 2.64. The van der Waals surface area contributed by atoms with Crippen LogP contribution in [-0.4, -0.2) is 39.1 Å². The first-order valence-corrected chi connectivity index (χ1v) is 8.70. The Kier molecular flexibility index (Phi) is 5.50. The van der Waals surface area contributed by atoms with Crippen LogP contribution in [-0.2, 0) is 0 Å². The van der Waals surface area contributed by atoms with Crippen LogP contribution in [0.3, 0.4) is 0 Å². The molecule has 0 unspecified atom stereocenters. The number of urea groups is 1. The number of hydrogen-bond acceptors (Lipinski definition) is 4. The first-order valence-electron chi connectivity index (χ1n) is 8.32. The molecule has 0 spiro atoms. The summed E-state index contributed by atoms with van der Waals surface area (Å²) in [5.41, 5.74) is 2.03. The molecule has 1 aliphatic heterocycles. The van der Waals surface area contributed by atoms with Gasteiger partial charge >= 0.3 is 6.03 Å². The van der Waals surface area contributed by atoms with Crippen molar-refractivity contribution in [3.8, 4) is 0 Å². The summed E-state index contributed by atoms with van der Waals surface area (Å²) < 4.78 is 0. The largest absolute Gasteiger partial charge is 0.387 e. The van der Waals surface area contributed by atoms with E-state index in [1.165, 1.54) is 0 Å². The van der Waals surface area contributed by atoms with Crippen LogP contribution in [0.25, 0.3) is 0 Å². The predicted octanol–water partition coefficient (Wildman–Crippen LogP) is 3.42. The normalized spacial score (nSPS) is 16.5. The zero-order valence-corrected chi connectivity index (χ0v) is 14.8. The molecule has 25 heavy (non-hydrogen) atoms. The van der Waals surface area contributed by atoms with Crippen molar-refractivity contribution in [3.63, 3.8) is 0 Å². The third-order valence-corrected chi connectivity index (χ3v) is 4.77. The number of carbonyl (C=O) groups excluding carboxylic acids is 1. The number of aryl methyl sites for hydroxylation is 1. The third kappa shape index (κ3) is 4.27. The van der Waals surface area contributed by atoms with Crippen LogP contribution in [0.2, 0.25) is 5.15 Å². The van der Waals surface area contributed by atoms with Gasteiger partial charge in [-0.2, -0.15) is 0 Å². The first-order chi connectivity index (χ1) is 12.0. The smallest absolute Gasteiger partial charge is 0.321 e.